The third-order valence-electron chi connectivity index (χ3n) is 4.19. The smallest absolute Gasteiger partial charge is 0.321 e. The molecule has 6 heteroatoms. The van der Waals surface area contributed by atoms with E-state index in [2.05, 4.69) is 19.2 Å². The molecular weight excluding hydrogens is 304 g/mol. The zero-order valence-corrected chi connectivity index (χ0v) is 14.8. The van der Waals surface area contributed by atoms with Gasteiger partial charge in [-0.15, -0.1) is 0 Å². The second-order valence-corrected chi connectivity index (χ2v) is 6.85. The molecule has 1 aromatic carbocycles. The van der Waals surface area contributed by atoms with E-state index in [9.17, 15) is 9.59 Å². The maximum Gasteiger partial charge on any atom is 0.321 e. The van der Waals surface area contributed by atoms with Gasteiger partial charge in [-0.05, 0) is 37.0 Å². The number of benzene rings is 1. The molecule has 2 rings (SSSR count). The average molecular weight is 332 g/mol. The highest BCUT2D eigenvalue weighted by atomic mass is 16.2. The Labute approximate surface area is 144 Å². The molecular formula is C18H28N4O2. The van der Waals surface area contributed by atoms with Gasteiger partial charge in [-0.1, -0.05) is 26.0 Å². The summed E-state index contributed by atoms with van der Waals surface area (Å²) in [4.78, 5) is 28.1. The van der Waals surface area contributed by atoms with E-state index < -0.39 is 6.04 Å². The Morgan fingerprint density at radius 1 is 1.17 bits per heavy atom. The van der Waals surface area contributed by atoms with Crippen LogP contribution in [0.4, 0.5) is 10.5 Å². The Balaban J connectivity index is 1.83. The van der Waals surface area contributed by atoms with Gasteiger partial charge in [-0.3, -0.25) is 4.79 Å². The lowest BCUT2D eigenvalue weighted by Crippen LogP contribution is -2.55. The van der Waals surface area contributed by atoms with Gasteiger partial charge in [0.15, 0.2) is 0 Å². The van der Waals surface area contributed by atoms with Crippen molar-refractivity contribution in [2.24, 2.45) is 11.7 Å². The number of carbonyl (C=O) groups excluding carboxylic acids is 2. The van der Waals surface area contributed by atoms with Gasteiger partial charge in [0.05, 0.1) is 6.04 Å². The lowest BCUT2D eigenvalue weighted by molar-refractivity contribution is -0.134. The predicted octanol–water partition coefficient (Wildman–Crippen LogP) is 2.04. The molecule has 6 nitrogen and oxygen atoms in total. The molecule has 132 valence electrons. The number of aryl methyl sites for hydroxylation is 1. The number of nitrogens with one attached hydrogen (secondary N) is 1. The molecule has 3 N–H and O–H groups in total. The topological polar surface area (TPSA) is 78.7 Å². The number of hydrogen-bond acceptors (Lipinski definition) is 3. The van der Waals surface area contributed by atoms with E-state index in [1.54, 1.807) is 9.80 Å². The highest BCUT2D eigenvalue weighted by Crippen LogP contribution is 2.13. The van der Waals surface area contributed by atoms with Crippen LogP contribution in [-0.2, 0) is 4.79 Å². The molecule has 1 heterocycles. The molecule has 0 saturated carbocycles. The molecule has 0 aliphatic carbocycles. The molecule has 1 fully saturated rings. The molecule has 1 aliphatic heterocycles. The number of nitrogens with zero attached hydrogens (tertiary/aromatic N) is 2. The van der Waals surface area contributed by atoms with Gasteiger partial charge < -0.3 is 20.9 Å². The summed E-state index contributed by atoms with van der Waals surface area (Å²) in [6.45, 7) is 8.22. The first-order valence-corrected chi connectivity index (χ1v) is 8.53. The van der Waals surface area contributed by atoms with Crippen molar-refractivity contribution in [3.63, 3.8) is 0 Å². The van der Waals surface area contributed by atoms with Crippen molar-refractivity contribution < 1.29 is 9.59 Å². The van der Waals surface area contributed by atoms with E-state index in [1.165, 1.54) is 0 Å². The Morgan fingerprint density at radius 2 is 1.79 bits per heavy atom. The van der Waals surface area contributed by atoms with E-state index in [1.807, 2.05) is 31.2 Å². The fourth-order valence-corrected chi connectivity index (χ4v) is 2.90. The number of anilines is 1. The average Bonchev–Trinajstić information content (AvgIpc) is 2.53. The summed E-state index contributed by atoms with van der Waals surface area (Å²) in [5, 5.41) is 2.90. The normalized spacial score (nSPS) is 16.2. The lowest BCUT2D eigenvalue weighted by Gasteiger charge is -2.36. The maximum atomic E-state index is 12.3. The van der Waals surface area contributed by atoms with Gasteiger partial charge >= 0.3 is 6.03 Å². The largest absolute Gasteiger partial charge is 0.338 e. The number of nitrogens with two attached hydrogens (primary N) is 1. The minimum atomic E-state index is -0.447. The van der Waals surface area contributed by atoms with E-state index in [-0.39, 0.29) is 11.9 Å². The predicted molar refractivity (Wildman–Crippen MR) is 95.8 cm³/mol. The van der Waals surface area contributed by atoms with E-state index >= 15 is 0 Å². The number of carbonyl (C=O) groups is 2. The highest BCUT2D eigenvalue weighted by molar-refractivity contribution is 5.89. The summed E-state index contributed by atoms with van der Waals surface area (Å²) in [7, 11) is 0. The van der Waals surface area contributed by atoms with Crippen LogP contribution in [0, 0.1) is 12.8 Å². The van der Waals surface area contributed by atoms with Crippen LogP contribution in [0.25, 0.3) is 0 Å². The molecule has 0 unspecified atom stereocenters. The fourth-order valence-electron chi connectivity index (χ4n) is 2.90. The van der Waals surface area contributed by atoms with Crippen LogP contribution in [0.5, 0.6) is 0 Å². The van der Waals surface area contributed by atoms with Gasteiger partial charge in [0.1, 0.15) is 0 Å². The Kier molecular flexibility index (Phi) is 6.20. The Bertz CT molecular complexity index is 580. The summed E-state index contributed by atoms with van der Waals surface area (Å²) in [6, 6.07) is 7.13. The molecule has 0 spiro atoms. The number of hydrogen-bond donors (Lipinski definition) is 2. The number of urea groups is 1. The van der Waals surface area contributed by atoms with Gasteiger partial charge in [-0.25, -0.2) is 4.79 Å². The SMILES string of the molecule is Cc1cccc(NC(=O)N2CCN(C(=O)[C@@H](N)CC(C)C)CC2)c1. The second-order valence-electron chi connectivity index (χ2n) is 6.85. The van der Waals surface area contributed by atoms with Crippen molar-refractivity contribution in [2.45, 2.75) is 33.2 Å². The van der Waals surface area contributed by atoms with E-state index in [0.717, 1.165) is 11.3 Å². The van der Waals surface area contributed by atoms with Crippen molar-refractivity contribution in [1.29, 1.82) is 0 Å². The van der Waals surface area contributed by atoms with Gasteiger partial charge in [0.25, 0.3) is 0 Å². The Hall–Kier alpha value is -2.08. The first kappa shape index (κ1) is 18.3. The van der Waals surface area contributed by atoms with Crippen LogP contribution < -0.4 is 11.1 Å². The summed E-state index contributed by atoms with van der Waals surface area (Å²) in [6.07, 6.45) is 0.687. The quantitative estimate of drug-likeness (QED) is 0.885. The molecule has 3 amide bonds. The molecule has 0 bridgehead atoms. The zero-order valence-electron chi connectivity index (χ0n) is 14.8. The van der Waals surface area contributed by atoms with Crippen molar-refractivity contribution in [2.75, 3.05) is 31.5 Å². The van der Waals surface area contributed by atoms with Crippen LogP contribution in [0.2, 0.25) is 0 Å². The standard InChI is InChI=1S/C18H28N4O2/c1-13(2)11-16(19)17(23)21-7-9-22(10-8-21)18(24)20-15-6-4-5-14(3)12-15/h4-6,12-13,16H,7-11,19H2,1-3H3,(H,20,24)/t16-/m0/s1. The number of amides is 3. The van der Waals surface area contributed by atoms with Crippen molar-refractivity contribution in [3.05, 3.63) is 29.8 Å². The molecule has 1 aliphatic rings. The van der Waals surface area contributed by atoms with E-state index in [4.69, 9.17) is 5.73 Å². The number of piperazine rings is 1. The van der Waals surface area contributed by atoms with Crippen molar-refractivity contribution in [1.82, 2.24) is 9.80 Å². The minimum absolute atomic E-state index is 0.0116. The molecule has 1 aromatic rings. The summed E-state index contributed by atoms with van der Waals surface area (Å²) in [5.41, 5.74) is 7.86. The number of rotatable bonds is 4. The third kappa shape index (κ3) is 4.96. The van der Waals surface area contributed by atoms with Crippen LogP contribution in [0.1, 0.15) is 25.8 Å². The lowest BCUT2D eigenvalue weighted by atomic mass is 10.0. The van der Waals surface area contributed by atoms with Crippen LogP contribution in [0.15, 0.2) is 24.3 Å². The van der Waals surface area contributed by atoms with Crippen LogP contribution >= 0.6 is 0 Å². The van der Waals surface area contributed by atoms with Gasteiger partial charge in [0.2, 0.25) is 5.91 Å². The monoisotopic (exact) mass is 332 g/mol. The second kappa shape index (κ2) is 8.15. The minimum Gasteiger partial charge on any atom is -0.338 e. The summed E-state index contributed by atoms with van der Waals surface area (Å²) < 4.78 is 0. The third-order valence-corrected chi connectivity index (χ3v) is 4.19. The fraction of sp³-hybridized carbons (Fsp3) is 0.556. The highest BCUT2D eigenvalue weighted by Gasteiger charge is 2.27. The summed E-state index contributed by atoms with van der Waals surface area (Å²) >= 11 is 0. The van der Waals surface area contributed by atoms with Crippen molar-refractivity contribution >= 4 is 17.6 Å². The molecule has 0 aromatic heterocycles. The van der Waals surface area contributed by atoms with Gasteiger partial charge in [0, 0.05) is 31.9 Å². The maximum absolute atomic E-state index is 12.3. The van der Waals surface area contributed by atoms with Crippen LogP contribution in [-0.4, -0.2) is 54.0 Å². The van der Waals surface area contributed by atoms with Crippen LogP contribution in [0.3, 0.4) is 0 Å². The first-order chi connectivity index (χ1) is 11.4. The van der Waals surface area contributed by atoms with Crippen molar-refractivity contribution in [3.8, 4) is 0 Å². The zero-order chi connectivity index (χ0) is 17.7. The molecule has 1 saturated heterocycles. The summed E-state index contributed by atoms with van der Waals surface area (Å²) in [5.74, 6) is 0.382. The first-order valence-electron chi connectivity index (χ1n) is 8.53. The molecule has 24 heavy (non-hydrogen) atoms. The van der Waals surface area contributed by atoms with E-state index in [0.29, 0.717) is 38.5 Å². The molecule has 1 atom stereocenters. The van der Waals surface area contributed by atoms with Gasteiger partial charge in [-0.2, -0.15) is 0 Å². The molecule has 0 radical (unpaired) electrons. The Morgan fingerprint density at radius 3 is 2.38 bits per heavy atom.